The topological polar surface area (TPSA) is 23.4 Å². The van der Waals surface area contributed by atoms with Crippen molar-refractivity contribution in [1.82, 2.24) is 4.57 Å². The van der Waals surface area contributed by atoms with E-state index in [4.69, 9.17) is 21.7 Å². The molecule has 23 heavy (non-hydrogen) atoms. The van der Waals surface area contributed by atoms with Crippen LogP contribution in [-0.4, -0.2) is 18.8 Å². The minimum absolute atomic E-state index is 0.688. The lowest BCUT2D eigenvalue weighted by molar-refractivity contribution is 0.408. The highest BCUT2D eigenvalue weighted by molar-refractivity contribution is 7.73. The van der Waals surface area contributed by atoms with Crippen LogP contribution in [0.25, 0.3) is 11.3 Å². The Balaban J connectivity index is 2.00. The second-order valence-electron chi connectivity index (χ2n) is 5.01. The molecule has 0 N–H and O–H groups in total. The first-order valence-electron chi connectivity index (χ1n) is 7.17. The van der Waals surface area contributed by atoms with E-state index in [0.717, 1.165) is 32.3 Å². The van der Waals surface area contributed by atoms with E-state index in [1.807, 2.05) is 42.5 Å². The summed E-state index contributed by atoms with van der Waals surface area (Å²) in [4.78, 5) is 0. The molecule has 1 heterocycles. The number of rotatable bonds is 5. The molecule has 5 heteroatoms. The third kappa shape index (κ3) is 3.30. The summed E-state index contributed by atoms with van der Waals surface area (Å²) < 4.78 is 13.7. The SMILES string of the molecule is COc1ccc(-c2csc(=S)n2Cc2ccccc2OC)cc1. The average molecular weight is 343 g/mol. The van der Waals surface area contributed by atoms with Crippen molar-refractivity contribution in [2.24, 2.45) is 0 Å². The summed E-state index contributed by atoms with van der Waals surface area (Å²) in [7, 11) is 3.36. The third-order valence-corrected chi connectivity index (χ3v) is 4.96. The summed E-state index contributed by atoms with van der Waals surface area (Å²) in [5.41, 5.74) is 3.33. The fourth-order valence-corrected chi connectivity index (χ4v) is 3.54. The third-order valence-electron chi connectivity index (χ3n) is 3.69. The largest absolute Gasteiger partial charge is 0.497 e. The van der Waals surface area contributed by atoms with Gasteiger partial charge in [-0.05, 0) is 48.1 Å². The van der Waals surface area contributed by atoms with Crippen molar-refractivity contribution in [2.45, 2.75) is 6.54 Å². The maximum atomic E-state index is 5.52. The number of benzene rings is 2. The Labute approximate surface area is 144 Å². The quantitative estimate of drug-likeness (QED) is 0.608. The molecule has 0 radical (unpaired) electrons. The molecular formula is C18H17NO2S2. The summed E-state index contributed by atoms with van der Waals surface area (Å²) in [6.45, 7) is 0.688. The molecule has 3 aromatic rings. The van der Waals surface area contributed by atoms with Gasteiger partial charge in [-0.25, -0.2) is 0 Å². The predicted molar refractivity (Wildman–Crippen MR) is 97.2 cm³/mol. The van der Waals surface area contributed by atoms with Gasteiger partial charge in [0.2, 0.25) is 0 Å². The van der Waals surface area contributed by atoms with Gasteiger partial charge in [0, 0.05) is 10.9 Å². The predicted octanol–water partition coefficient (Wildman–Crippen LogP) is 5.01. The van der Waals surface area contributed by atoms with Gasteiger partial charge in [-0.3, -0.25) is 0 Å². The zero-order valence-electron chi connectivity index (χ0n) is 13.0. The first-order chi connectivity index (χ1) is 11.2. The van der Waals surface area contributed by atoms with Crippen LogP contribution in [-0.2, 0) is 6.54 Å². The number of aromatic nitrogens is 1. The Morgan fingerprint density at radius 1 is 1.00 bits per heavy atom. The van der Waals surface area contributed by atoms with Crippen molar-refractivity contribution in [1.29, 1.82) is 0 Å². The van der Waals surface area contributed by atoms with E-state index in [9.17, 15) is 0 Å². The van der Waals surface area contributed by atoms with Gasteiger partial charge >= 0.3 is 0 Å². The summed E-state index contributed by atoms with van der Waals surface area (Å²) in [6, 6.07) is 16.0. The number of para-hydroxylation sites is 1. The van der Waals surface area contributed by atoms with Gasteiger partial charge in [0.1, 0.15) is 11.5 Å². The molecule has 118 valence electrons. The van der Waals surface area contributed by atoms with E-state index in [0.29, 0.717) is 6.54 Å². The maximum Gasteiger partial charge on any atom is 0.161 e. The van der Waals surface area contributed by atoms with Gasteiger partial charge < -0.3 is 14.0 Å². The van der Waals surface area contributed by atoms with Gasteiger partial charge in [-0.15, -0.1) is 11.3 Å². The Hall–Kier alpha value is -2.11. The van der Waals surface area contributed by atoms with Gasteiger partial charge in [0.25, 0.3) is 0 Å². The molecule has 0 spiro atoms. The van der Waals surface area contributed by atoms with Gasteiger partial charge in [-0.2, -0.15) is 0 Å². The second-order valence-corrected chi connectivity index (χ2v) is 6.52. The van der Waals surface area contributed by atoms with Gasteiger partial charge in [0.05, 0.1) is 26.5 Å². The molecule has 0 atom stereocenters. The lowest BCUT2D eigenvalue weighted by Gasteiger charge is -2.12. The molecular weight excluding hydrogens is 326 g/mol. The van der Waals surface area contributed by atoms with E-state index in [1.165, 1.54) is 0 Å². The van der Waals surface area contributed by atoms with Crippen LogP contribution in [0.2, 0.25) is 0 Å². The Morgan fingerprint density at radius 3 is 2.43 bits per heavy atom. The Morgan fingerprint density at radius 2 is 1.74 bits per heavy atom. The number of thiazole rings is 1. The summed E-state index contributed by atoms with van der Waals surface area (Å²) in [5, 5.41) is 2.10. The molecule has 0 amide bonds. The molecule has 0 fully saturated rings. The summed E-state index contributed by atoms with van der Waals surface area (Å²) in [6.07, 6.45) is 0. The van der Waals surface area contributed by atoms with Crippen molar-refractivity contribution in [3.05, 3.63) is 63.4 Å². The van der Waals surface area contributed by atoms with E-state index in [1.54, 1.807) is 25.6 Å². The zero-order valence-corrected chi connectivity index (χ0v) is 14.6. The van der Waals surface area contributed by atoms with E-state index in [2.05, 4.69) is 16.0 Å². The van der Waals surface area contributed by atoms with Crippen LogP contribution in [0.1, 0.15) is 5.56 Å². The number of methoxy groups -OCH3 is 2. The van der Waals surface area contributed by atoms with E-state index < -0.39 is 0 Å². The normalized spacial score (nSPS) is 10.5. The Kier molecular flexibility index (Phi) is 4.79. The van der Waals surface area contributed by atoms with Crippen LogP contribution in [0, 0.1) is 3.95 Å². The minimum atomic E-state index is 0.688. The number of nitrogens with zero attached hydrogens (tertiary/aromatic N) is 1. The van der Waals surface area contributed by atoms with Crippen molar-refractivity contribution in [2.75, 3.05) is 14.2 Å². The summed E-state index contributed by atoms with van der Waals surface area (Å²) in [5.74, 6) is 1.72. The molecule has 0 saturated carbocycles. The first kappa shape index (κ1) is 15.8. The molecule has 3 nitrogen and oxygen atoms in total. The average Bonchev–Trinajstić information content (AvgIpc) is 2.96. The molecule has 1 aromatic heterocycles. The standard InChI is InChI=1S/C18H17NO2S2/c1-20-15-9-7-13(8-10-15)16-12-23-18(22)19(16)11-14-5-3-4-6-17(14)21-2/h3-10,12H,11H2,1-2H3. The highest BCUT2D eigenvalue weighted by Gasteiger charge is 2.10. The second kappa shape index (κ2) is 6.98. The maximum absolute atomic E-state index is 5.52. The lowest BCUT2D eigenvalue weighted by atomic mass is 10.1. The molecule has 0 aliphatic carbocycles. The fraction of sp³-hybridized carbons (Fsp3) is 0.167. The zero-order chi connectivity index (χ0) is 16.2. The monoisotopic (exact) mass is 343 g/mol. The van der Waals surface area contributed by atoms with Crippen molar-refractivity contribution < 1.29 is 9.47 Å². The minimum Gasteiger partial charge on any atom is -0.497 e. The van der Waals surface area contributed by atoms with Crippen LogP contribution in [0.4, 0.5) is 0 Å². The van der Waals surface area contributed by atoms with Gasteiger partial charge in [-0.1, -0.05) is 18.2 Å². The number of hydrogen-bond acceptors (Lipinski definition) is 4. The van der Waals surface area contributed by atoms with Crippen molar-refractivity contribution >= 4 is 23.6 Å². The molecule has 0 saturated heterocycles. The molecule has 3 rings (SSSR count). The van der Waals surface area contributed by atoms with Crippen LogP contribution >= 0.6 is 23.6 Å². The first-order valence-corrected chi connectivity index (χ1v) is 8.46. The van der Waals surface area contributed by atoms with Gasteiger partial charge in [0.15, 0.2) is 3.95 Å². The molecule has 0 aliphatic heterocycles. The van der Waals surface area contributed by atoms with Crippen LogP contribution in [0.5, 0.6) is 11.5 Å². The smallest absolute Gasteiger partial charge is 0.161 e. The highest BCUT2D eigenvalue weighted by Crippen LogP contribution is 2.28. The number of hydrogen-bond donors (Lipinski definition) is 0. The van der Waals surface area contributed by atoms with Crippen molar-refractivity contribution in [3.8, 4) is 22.8 Å². The lowest BCUT2D eigenvalue weighted by Crippen LogP contribution is -2.03. The number of ether oxygens (including phenoxy) is 2. The molecule has 0 unspecified atom stereocenters. The van der Waals surface area contributed by atoms with Crippen molar-refractivity contribution in [3.63, 3.8) is 0 Å². The summed E-state index contributed by atoms with van der Waals surface area (Å²) >= 11 is 7.09. The van der Waals surface area contributed by atoms with Crippen LogP contribution in [0.15, 0.2) is 53.9 Å². The molecule has 0 bridgehead atoms. The van der Waals surface area contributed by atoms with Crippen LogP contribution < -0.4 is 9.47 Å². The fourth-order valence-electron chi connectivity index (χ4n) is 2.47. The molecule has 2 aromatic carbocycles. The Bertz CT molecular complexity index is 850. The van der Waals surface area contributed by atoms with E-state index in [-0.39, 0.29) is 0 Å². The molecule has 0 aliphatic rings. The van der Waals surface area contributed by atoms with E-state index >= 15 is 0 Å². The highest BCUT2D eigenvalue weighted by atomic mass is 32.1. The van der Waals surface area contributed by atoms with Crippen LogP contribution in [0.3, 0.4) is 0 Å².